The number of amides is 1. The van der Waals surface area contributed by atoms with E-state index in [-0.39, 0.29) is 11.2 Å². The molecule has 0 aliphatic carbocycles. The molecule has 1 N–H and O–H groups in total. The fourth-order valence-electron chi connectivity index (χ4n) is 3.20. The minimum Gasteiger partial charge on any atom is -0.309 e. The summed E-state index contributed by atoms with van der Waals surface area (Å²) in [7, 11) is 1.69. The molecule has 1 unspecified atom stereocenters. The zero-order chi connectivity index (χ0) is 22.0. The van der Waals surface area contributed by atoms with Gasteiger partial charge in [0.25, 0.3) is 0 Å². The van der Waals surface area contributed by atoms with E-state index in [0.717, 1.165) is 26.4 Å². The molecular formula is C22H20N6OS2. The van der Waals surface area contributed by atoms with E-state index in [0.29, 0.717) is 17.8 Å². The molecule has 156 valence electrons. The summed E-state index contributed by atoms with van der Waals surface area (Å²) >= 11 is 2.98. The first-order chi connectivity index (χ1) is 15.0. The van der Waals surface area contributed by atoms with Gasteiger partial charge in [0.15, 0.2) is 0 Å². The van der Waals surface area contributed by atoms with E-state index < -0.39 is 0 Å². The maximum atomic E-state index is 13.0. The van der Waals surface area contributed by atoms with Crippen molar-refractivity contribution < 1.29 is 4.79 Å². The van der Waals surface area contributed by atoms with Crippen LogP contribution in [0.15, 0.2) is 47.2 Å². The molecule has 0 aliphatic heterocycles. The fraction of sp³-hybridized carbons (Fsp3) is 0.227. The van der Waals surface area contributed by atoms with Crippen molar-refractivity contribution in [1.82, 2.24) is 19.7 Å². The summed E-state index contributed by atoms with van der Waals surface area (Å²) in [4.78, 5) is 22.8. The Balaban J connectivity index is 1.66. The van der Waals surface area contributed by atoms with Crippen LogP contribution in [0.25, 0.3) is 21.3 Å². The first kappa shape index (κ1) is 21.0. The summed E-state index contributed by atoms with van der Waals surface area (Å²) in [6.07, 6.45) is 3.59. The van der Waals surface area contributed by atoms with E-state index >= 15 is 0 Å². The van der Waals surface area contributed by atoms with Gasteiger partial charge >= 0.3 is 0 Å². The Bertz CT molecular complexity index is 1290. The third kappa shape index (κ3) is 4.17. The maximum absolute atomic E-state index is 13.0. The van der Waals surface area contributed by atoms with Gasteiger partial charge in [-0.3, -0.25) is 9.48 Å². The number of hydrogen-bond acceptors (Lipinski definition) is 7. The molecule has 31 heavy (non-hydrogen) atoms. The van der Waals surface area contributed by atoms with Gasteiger partial charge in [0.1, 0.15) is 33.6 Å². The van der Waals surface area contributed by atoms with Crippen molar-refractivity contribution in [3.63, 3.8) is 0 Å². The highest BCUT2D eigenvalue weighted by molar-refractivity contribution is 8.00. The van der Waals surface area contributed by atoms with E-state index in [1.807, 2.05) is 6.92 Å². The van der Waals surface area contributed by atoms with Crippen molar-refractivity contribution in [3.8, 4) is 17.2 Å². The summed E-state index contributed by atoms with van der Waals surface area (Å²) < 4.78 is 1.49. The molecule has 4 rings (SSSR count). The van der Waals surface area contributed by atoms with Gasteiger partial charge in [-0.1, -0.05) is 48.5 Å². The second-order valence-corrected chi connectivity index (χ2v) is 9.07. The first-order valence-corrected chi connectivity index (χ1v) is 11.5. The molecule has 1 aromatic carbocycles. The lowest BCUT2D eigenvalue weighted by Gasteiger charge is -2.15. The molecule has 0 fully saturated rings. The van der Waals surface area contributed by atoms with Crippen LogP contribution in [0, 0.1) is 18.3 Å². The van der Waals surface area contributed by atoms with Crippen LogP contribution in [0.1, 0.15) is 24.5 Å². The molecule has 0 bridgehead atoms. The van der Waals surface area contributed by atoms with Gasteiger partial charge < -0.3 is 5.32 Å². The van der Waals surface area contributed by atoms with Crippen molar-refractivity contribution in [2.24, 2.45) is 7.05 Å². The van der Waals surface area contributed by atoms with Crippen LogP contribution < -0.4 is 5.32 Å². The quantitative estimate of drug-likeness (QED) is 0.337. The Morgan fingerprint density at radius 3 is 2.81 bits per heavy atom. The SMILES string of the molecule is CCC(Sc1ncnc2scc(-c3ccc(C)cc3)c12)C(=O)Nc1c(C#N)cnn1C. The number of carbonyl (C=O) groups excluding carboxylic acids is 1. The highest BCUT2D eigenvalue weighted by atomic mass is 32.2. The number of fused-ring (bicyclic) bond motifs is 1. The molecule has 0 saturated carbocycles. The third-order valence-corrected chi connectivity index (χ3v) is 7.17. The van der Waals surface area contributed by atoms with E-state index in [1.165, 1.54) is 28.2 Å². The van der Waals surface area contributed by atoms with Crippen molar-refractivity contribution in [2.45, 2.75) is 30.5 Å². The van der Waals surface area contributed by atoms with E-state index in [9.17, 15) is 10.1 Å². The average Bonchev–Trinajstić information content (AvgIpc) is 3.36. The van der Waals surface area contributed by atoms with Crippen LogP contribution in [0.4, 0.5) is 5.82 Å². The average molecular weight is 449 g/mol. The monoisotopic (exact) mass is 448 g/mol. The number of thiophene rings is 1. The third-order valence-electron chi connectivity index (χ3n) is 4.92. The minimum absolute atomic E-state index is 0.188. The molecule has 9 heteroatoms. The lowest BCUT2D eigenvalue weighted by Crippen LogP contribution is -2.26. The Kier molecular flexibility index (Phi) is 6.02. The molecule has 0 radical (unpaired) electrons. The van der Waals surface area contributed by atoms with Gasteiger partial charge in [-0.05, 0) is 18.9 Å². The molecular weight excluding hydrogens is 428 g/mol. The summed E-state index contributed by atoms with van der Waals surface area (Å²) in [6, 6.07) is 10.4. The van der Waals surface area contributed by atoms with Gasteiger partial charge in [-0.25, -0.2) is 9.97 Å². The zero-order valence-electron chi connectivity index (χ0n) is 17.3. The Labute approximate surface area is 188 Å². The van der Waals surface area contributed by atoms with Crippen LogP contribution in [-0.2, 0) is 11.8 Å². The summed E-state index contributed by atoms with van der Waals surface area (Å²) in [5.41, 5.74) is 3.69. The topological polar surface area (TPSA) is 96.5 Å². The number of rotatable bonds is 6. The molecule has 4 aromatic rings. The molecule has 0 aliphatic rings. The molecule has 3 aromatic heterocycles. The van der Waals surface area contributed by atoms with Gasteiger partial charge in [0.2, 0.25) is 5.91 Å². The number of benzene rings is 1. The number of nitrogens with zero attached hydrogens (tertiary/aromatic N) is 5. The van der Waals surface area contributed by atoms with Crippen molar-refractivity contribution in [1.29, 1.82) is 5.26 Å². The molecule has 0 saturated heterocycles. The van der Waals surface area contributed by atoms with Crippen molar-refractivity contribution in [2.75, 3.05) is 5.32 Å². The van der Waals surface area contributed by atoms with Crippen LogP contribution in [0.3, 0.4) is 0 Å². The molecule has 1 amide bonds. The van der Waals surface area contributed by atoms with Crippen LogP contribution in [0.5, 0.6) is 0 Å². The highest BCUT2D eigenvalue weighted by Crippen LogP contribution is 2.39. The number of thioether (sulfide) groups is 1. The molecule has 0 spiro atoms. The number of nitriles is 1. The summed E-state index contributed by atoms with van der Waals surface area (Å²) in [5.74, 6) is 0.210. The first-order valence-electron chi connectivity index (χ1n) is 9.70. The normalized spacial score (nSPS) is 11.9. The second-order valence-electron chi connectivity index (χ2n) is 7.02. The summed E-state index contributed by atoms with van der Waals surface area (Å²) in [6.45, 7) is 4.02. The minimum atomic E-state index is -0.384. The van der Waals surface area contributed by atoms with E-state index in [2.05, 4.69) is 63.0 Å². The number of carbonyl (C=O) groups is 1. The van der Waals surface area contributed by atoms with E-state index in [1.54, 1.807) is 24.7 Å². The standard InChI is InChI=1S/C22H20N6OS2/c1-4-17(20(29)27-19-15(9-23)10-26-28(19)3)31-22-18-16(11-30-21(18)24-12-25-22)14-7-5-13(2)6-8-14/h5-8,10-12,17H,4H2,1-3H3,(H,27,29). The van der Waals surface area contributed by atoms with Crippen LogP contribution in [-0.4, -0.2) is 30.9 Å². The van der Waals surface area contributed by atoms with Crippen molar-refractivity contribution >= 4 is 45.0 Å². The predicted molar refractivity (Wildman–Crippen MR) is 124 cm³/mol. The Morgan fingerprint density at radius 1 is 1.32 bits per heavy atom. The van der Waals surface area contributed by atoms with E-state index in [4.69, 9.17) is 0 Å². The lowest BCUT2D eigenvalue weighted by molar-refractivity contribution is -0.115. The van der Waals surface area contributed by atoms with Gasteiger partial charge in [-0.2, -0.15) is 10.4 Å². The van der Waals surface area contributed by atoms with Crippen LogP contribution >= 0.6 is 23.1 Å². The largest absolute Gasteiger partial charge is 0.309 e. The van der Waals surface area contributed by atoms with Gasteiger partial charge in [0, 0.05) is 18.0 Å². The van der Waals surface area contributed by atoms with Gasteiger partial charge in [0.05, 0.1) is 16.8 Å². The number of aromatic nitrogens is 4. The fourth-order valence-corrected chi connectivity index (χ4v) is 5.22. The number of aryl methyl sites for hydroxylation is 2. The lowest BCUT2D eigenvalue weighted by atomic mass is 10.1. The number of anilines is 1. The second kappa shape index (κ2) is 8.88. The Morgan fingerprint density at radius 2 is 2.10 bits per heavy atom. The van der Waals surface area contributed by atoms with Crippen LogP contribution in [0.2, 0.25) is 0 Å². The van der Waals surface area contributed by atoms with Gasteiger partial charge in [-0.15, -0.1) is 11.3 Å². The molecule has 1 atom stereocenters. The van der Waals surface area contributed by atoms with Crippen molar-refractivity contribution in [3.05, 3.63) is 53.3 Å². The molecule has 7 nitrogen and oxygen atoms in total. The zero-order valence-corrected chi connectivity index (χ0v) is 18.9. The smallest absolute Gasteiger partial charge is 0.239 e. The summed E-state index contributed by atoms with van der Waals surface area (Å²) in [5, 5.41) is 19.6. The molecule has 3 heterocycles. The maximum Gasteiger partial charge on any atom is 0.239 e. The number of hydrogen-bond donors (Lipinski definition) is 1. The predicted octanol–water partition coefficient (Wildman–Crippen LogP) is 4.78. The number of nitrogens with one attached hydrogen (secondary N) is 1. The Hall–Kier alpha value is -3.22. The highest BCUT2D eigenvalue weighted by Gasteiger charge is 2.24.